The first-order valence-corrected chi connectivity index (χ1v) is 8.73. The molecule has 0 saturated carbocycles. The number of hydrogen-bond acceptors (Lipinski definition) is 4. The van der Waals surface area contributed by atoms with Crippen LogP contribution in [-0.4, -0.2) is 12.6 Å². The van der Waals surface area contributed by atoms with E-state index in [9.17, 15) is 4.79 Å². The Bertz CT molecular complexity index is 1240. The van der Waals surface area contributed by atoms with Gasteiger partial charge in [0.05, 0.1) is 12.3 Å². The summed E-state index contributed by atoms with van der Waals surface area (Å²) in [6.07, 6.45) is 2.97. The molecule has 0 atom stereocenters. The maximum Gasteiger partial charge on any atom is 0.359 e. The standard InChI is InChI=1S/C22H16N2O2/c1-2-26-22(25)21-20-18-12-14-8-7-13-5-3-4-6-16(13)17(14)11-15(18)9-10-19(20)23-24-21/h3-10,12H,2,11H2,1H3. The number of nitrogens with zero attached hydrogens (tertiary/aromatic N) is 2. The van der Waals surface area contributed by atoms with Crippen molar-refractivity contribution in [3.8, 4) is 0 Å². The molecule has 1 heterocycles. The predicted molar refractivity (Wildman–Crippen MR) is 101 cm³/mol. The molecule has 3 aromatic rings. The van der Waals surface area contributed by atoms with Crippen LogP contribution in [0.2, 0.25) is 0 Å². The fourth-order valence-corrected chi connectivity index (χ4v) is 3.83. The monoisotopic (exact) mass is 340 g/mol. The Morgan fingerprint density at radius 1 is 1.08 bits per heavy atom. The fourth-order valence-electron chi connectivity index (χ4n) is 3.83. The number of benzene rings is 3. The van der Waals surface area contributed by atoms with Crippen LogP contribution in [0.15, 0.2) is 58.8 Å². The van der Waals surface area contributed by atoms with Gasteiger partial charge in [0.15, 0.2) is 5.70 Å². The lowest BCUT2D eigenvalue weighted by atomic mass is 9.87. The van der Waals surface area contributed by atoms with E-state index < -0.39 is 5.97 Å². The topological polar surface area (TPSA) is 51.0 Å². The second kappa shape index (κ2) is 5.63. The van der Waals surface area contributed by atoms with Gasteiger partial charge < -0.3 is 4.74 Å². The number of carbonyl (C=O) groups is 1. The van der Waals surface area contributed by atoms with Crippen molar-refractivity contribution in [3.05, 3.63) is 75.7 Å². The average Bonchev–Trinajstić information content (AvgIpc) is 3.11. The summed E-state index contributed by atoms with van der Waals surface area (Å²) in [6.45, 7) is 2.11. The van der Waals surface area contributed by atoms with Crippen LogP contribution >= 0.6 is 0 Å². The number of carbonyl (C=O) groups excluding carboxylic acids is 1. The van der Waals surface area contributed by atoms with E-state index in [4.69, 9.17) is 4.74 Å². The maximum atomic E-state index is 12.3. The molecule has 0 fully saturated rings. The van der Waals surface area contributed by atoms with Crippen molar-refractivity contribution in [2.45, 2.75) is 13.3 Å². The van der Waals surface area contributed by atoms with Crippen LogP contribution in [0.4, 0.5) is 5.69 Å². The van der Waals surface area contributed by atoms with Gasteiger partial charge in [0, 0.05) is 5.22 Å². The number of rotatable bonds is 2. The van der Waals surface area contributed by atoms with E-state index in [-0.39, 0.29) is 0 Å². The molecule has 3 aromatic carbocycles. The summed E-state index contributed by atoms with van der Waals surface area (Å²) in [5.41, 5.74) is 4.72. The van der Waals surface area contributed by atoms with Crippen LogP contribution in [0.1, 0.15) is 23.6 Å². The molecule has 0 unspecified atom stereocenters. The van der Waals surface area contributed by atoms with Crippen molar-refractivity contribution in [3.63, 3.8) is 0 Å². The van der Waals surface area contributed by atoms with E-state index in [1.54, 1.807) is 6.92 Å². The first-order chi connectivity index (χ1) is 12.8. The third kappa shape index (κ3) is 2.12. The molecule has 0 aromatic heterocycles. The summed E-state index contributed by atoms with van der Waals surface area (Å²) in [4.78, 5) is 12.3. The third-order valence-corrected chi connectivity index (χ3v) is 5.02. The fraction of sp³-hybridized carbons (Fsp3) is 0.136. The maximum absolute atomic E-state index is 12.3. The number of esters is 1. The zero-order chi connectivity index (χ0) is 17.7. The van der Waals surface area contributed by atoms with Crippen molar-refractivity contribution in [2.75, 3.05) is 6.61 Å². The van der Waals surface area contributed by atoms with Crippen molar-refractivity contribution in [1.29, 1.82) is 0 Å². The van der Waals surface area contributed by atoms with Crippen molar-refractivity contribution in [1.82, 2.24) is 0 Å². The molecule has 126 valence electrons. The summed E-state index contributed by atoms with van der Waals surface area (Å²) in [6, 6.07) is 16.8. The SMILES string of the molecule is CCOC(=O)C1=c2c(ccc3c2=Cc2ccc4ccccc4c2C3)N=N1. The Morgan fingerprint density at radius 2 is 1.96 bits per heavy atom. The van der Waals surface area contributed by atoms with Crippen LogP contribution in [-0.2, 0) is 16.0 Å². The molecule has 0 saturated heterocycles. The quantitative estimate of drug-likeness (QED) is 0.526. The van der Waals surface area contributed by atoms with Crippen molar-refractivity contribution in [2.24, 2.45) is 10.2 Å². The van der Waals surface area contributed by atoms with E-state index in [1.807, 2.05) is 6.07 Å². The molecule has 1 aliphatic heterocycles. The highest BCUT2D eigenvalue weighted by atomic mass is 16.5. The summed E-state index contributed by atoms with van der Waals surface area (Å²) >= 11 is 0. The largest absolute Gasteiger partial charge is 0.461 e. The van der Waals surface area contributed by atoms with Gasteiger partial charge in [-0.05, 0) is 58.2 Å². The predicted octanol–water partition coefficient (Wildman–Crippen LogP) is 3.34. The lowest BCUT2D eigenvalue weighted by molar-refractivity contribution is -0.136. The van der Waals surface area contributed by atoms with Crippen LogP contribution in [0.3, 0.4) is 0 Å². The molecule has 26 heavy (non-hydrogen) atoms. The molecule has 2 aliphatic rings. The Hall–Kier alpha value is -3.27. The molecule has 4 nitrogen and oxygen atoms in total. The minimum Gasteiger partial charge on any atom is -0.461 e. The Balaban J connectivity index is 1.82. The molecule has 1 aliphatic carbocycles. The summed E-state index contributed by atoms with van der Waals surface area (Å²) in [7, 11) is 0. The summed E-state index contributed by atoms with van der Waals surface area (Å²) < 4.78 is 5.16. The van der Waals surface area contributed by atoms with Gasteiger partial charge in [-0.25, -0.2) is 4.79 Å². The van der Waals surface area contributed by atoms with Crippen LogP contribution in [0.5, 0.6) is 0 Å². The molecular weight excluding hydrogens is 324 g/mol. The summed E-state index contributed by atoms with van der Waals surface area (Å²) in [5, 5.41) is 12.6. The van der Waals surface area contributed by atoms with E-state index in [1.165, 1.54) is 27.5 Å². The minimum absolute atomic E-state index is 0.305. The molecule has 0 radical (unpaired) electrons. The van der Waals surface area contributed by atoms with Crippen LogP contribution in [0, 0.1) is 0 Å². The molecule has 4 heteroatoms. The average molecular weight is 340 g/mol. The van der Waals surface area contributed by atoms with Gasteiger partial charge in [-0.15, -0.1) is 10.2 Å². The van der Waals surface area contributed by atoms with Gasteiger partial charge >= 0.3 is 5.97 Å². The highest BCUT2D eigenvalue weighted by molar-refractivity contribution is 6.10. The number of hydrogen-bond donors (Lipinski definition) is 0. The molecule has 5 rings (SSSR count). The van der Waals surface area contributed by atoms with Gasteiger partial charge in [-0.2, -0.15) is 0 Å². The van der Waals surface area contributed by atoms with Gasteiger partial charge in [0.1, 0.15) is 0 Å². The molecule has 0 amide bonds. The number of fused-ring (bicyclic) bond motifs is 6. The van der Waals surface area contributed by atoms with Gasteiger partial charge in [0.25, 0.3) is 0 Å². The third-order valence-electron chi connectivity index (χ3n) is 5.02. The number of azo groups is 1. The molecule has 0 spiro atoms. The van der Waals surface area contributed by atoms with E-state index in [0.29, 0.717) is 12.3 Å². The summed E-state index contributed by atoms with van der Waals surface area (Å²) in [5.74, 6) is -0.416. The van der Waals surface area contributed by atoms with Crippen LogP contribution < -0.4 is 10.4 Å². The molecule has 0 bridgehead atoms. The smallest absolute Gasteiger partial charge is 0.359 e. The van der Waals surface area contributed by atoms with Crippen molar-refractivity contribution >= 4 is 34.2 Å². The highest BCUT2D eigenvalue weighted by Gasteiger charge is 2.22. The Morgan fingerprint density at radius 3 is 2.85 bits per heavy atom. The molecule has 0 N–H and O–H groups in total. The van der Waals surface area contributed by atoms with Gasteiger partial charge in [-0.3, -0.25) is 0 Å². The van der Waals surface area contributed by atoms with E-state index in [2.05, 4.69) is 58.8 Å². The van der Waals surface area contributed by atoms with Crippen LogP contribution in [0.25, 0.3) is 22.5 Å². The lowest BCUT2D eigenvalue weighted by Gasteiger charge is -2.16. The van der Waals surface area contributed by atoms with Gasteiger partial charge in [-0.1, -0.05) is 42.5 Å². The zero-order valence-electron chi connectivity index (χ0n) is 14.3. The number of ether oxygens (including phenoxy) is 1. The Kier molecular flexibility index (Phi) is 3.25. The normalized spacial score (nSPS) is 13.8. The van der Waals surface area contributed by atoms with Gasteiger partial charge in [0.2, 0.25) is 0 Å². The van der Waals surface area contributed by atoms with Crippen molar-refractivity contribution < 1.29 is 9.53 Å². The zero-order valence-corrected chi connectivity index (χ0v) is 14.3. The first kappa shape index (κ1) is 15.0. The lowest BCUT2D eigenvalue weighted by Crippen LogP contribution is -2.33. The van der Waals surface area contributed by atoms with E-state index in [0.717, 1.165) is 22.5 Å². The Labute approximate surface area is 150 Å². The molecular formula is C22H16N2O2. The second-order valence-electron chi connectivity index (χ2n) is 6.48. The minimum atomic E-state index is -0.416. The first-order valence-electron chi connectivity index (χ1n) is 8.73. The highest BCUT2D eigenvalue weighted by Crippen LogP contribution is 2.28. The van der Waals surface area contributed by atoms with E-state index >= 15 is 0 Å². The second-order valence-corrected chi connectivity index (χ2v) is 6.48.